The van der Waals surface area contributed by atoms with Gasteiger partial charge in [-0.05, 0) is 24.8 Å². The van der Waals surface area contributed by atoms with Crippen molar-refractivity contribution in [1.82, 2.24) is 14.7 Å². The molecule has 2 aliphatic heterocycles. The van der Waals surface area contributed by atoms with Crippen molar-refractivity contribution in [3.63, 3.8) is 0 Å². The van der Waals surface area contributed by atoms with Gasteiger partial charge in [0.25, 0.3) is 0 Å². The molecule has 3 rings (SSSR count). The summed E-state index contributed by atoms with van der Waals surface area (Å²) in [5, 5.41) is 0. The summed E-state index contributed by atoms with van der Waals surface area (Å²) >= 11 is 0. The van der Waals surface area contributed by atoms with Crippen molar-refractivity contribution in [3.05, 3.63) is 35.9 Å². The molecule has 0 aromatic heterocycles. The number of hydrogen-bond donors (Lipinski definition) is 0. The summed E-state index contributed by atoms with van der Waals surface area (Å²) in [5.41, 5.74) is 0.893. The summed E-state index contributed by atoms with van der Waals surface area (Å²) in [6, 6.07) is 9.13. The lowest BCUT2D eigenvalue weighted by molar-refractivity contribution is -0.143. The van der Waals surface area contributed by atoms with Gasteiger partial charge in [0.15, 0.2) is 9.84 Å². The molecule has 1 aromatic carbocycles. The maximum absolute atomic E-state index is 13.6. The quantitative estimate of drug-likeness (QED) is 0.636. The van der Waals surface area contributed by atoms with Crippen molar-refractivity contribution in [2.24, 2.45) is 5.92 Å². The molecule has 2 heterocycles. The lowest BCUT2D eigenvalue weighted by Crippen LogP contribution is -2.51. The molecular formula is C23H35N3O4S. The first-order valence-corrected chi connectivity index (χ1v) is 13.2. The summed E-state index contributed by atoms with van der Waals surface area (Å²) in [7, 11) is -1.16. The molecule has 2 saturated heterocycles. The van der Waals surface area contributed by atoms with Gasteiger partial charge in [-0.1, -0.05) is 43.7 Å². The zero-order chi connectivity index (χ0) is 22.4. The van der Waals surface area contributed by atoms with Crippen molar-refractivity contribution < 1.29 is 18.0 Å². The first kappa shape index (κ1) is 23.7. The number of nitrogens with zero attached hydrogens (tertiary/aromatic N) is 3. The van der Waals surface area contributed by atoms with Crippen LogP contribution in [0.2, 0.25) is 0 Å². The Morgan fingerprint density at radius 2 is 1.68 bits per heavy atom. The number of unbranched alkanes of at least 4 members (excludes halogenated alkanes) is 1. The van der Waals surface area contributed by atoms with Gasteiger partial charge < -0.3 is 9.80 Å². The molecule has 0 bridgehead atoms. The molecule has 8 heteroatoms. The third kappa shape index (κ3) is 6.07. The van der Waals surface area contributed by atoms with Gasteiger partial charge in [0.1, 0.15) is 6.04 Å². The van der Waals surface area contributed by atoms with E-state index in [1.165, 1.54) is 0 Å². The Balaban J connectivity index is 1.66. The third-order valence-corrected chi connectivity index (χ3v) is 8.08. The van der Waals surface area contributed by atoms with Crippen molar-refractivity contribution in [2.75, 3.05) is 51.3 Å². The van der Waals surface area contributed by atoms with E-state index in [1.54, 1.807) is 0 Å². The van der Waals surface area contributed by atoms with E-state index >= 15 is 0 Å². The summed E-state index contributed by atoms with van der Waals surface area (Å²) in [5.74, 6) is 0.340. The molecule has 0 saturated carbocycles. The fourth-order valence-electron chi connectivity index (χ4n) is 4.47. The highest BCUT2D eigenvalue weighted by Crippen LogP contribution is 2.28. The maximum Gasteiger partial charge on any atom is 0.244 e. The molecule has 1 aromatic rings. The van der Waals surface area contributed by atoms with Crippen molar-refractivity contribution in [3.8, 4) is 0 Å². The number of rotatable bonds is 7. The Hall–Kier alpha value is -1.93. The Bertz CT molecular complexity index is 837. The Labute approximate surface area is 186 Å². The lowest BCUT2D eigenvalue weighted by atomic mass is 9.94. The highest BCUT2D eigenvalue weighted by Gasteiger charge is 2.37. The Morgan fingerprint density at radius 1 is 1.06 bits per heavy atom. The summed E-state index contributed by atoms with van der Waals surface area (Å²) in [6.07, 6.45) is 3.42. The predicted octanol–water partition coefficient (Wildman–Crippen LogP) is 1.96. The molecule has 1 unspecified atom stereocenters. The van der Waals surface area contributed by atoms with E-state index in [4.69, 9.17) is 0 Å². The standard InChI is InChI=1S/C23H35N3O4S/c1-3-4-12-24(2)22(27)20-10-13-26(14-11-20)23(28)21(19-8-6-5-7-9-19)25-15-17-31(29,30)18-16-25/h5-9,20-21H,3-4,10-18H2,1-2H3. The predicted molar refractivity (Wildman–Crippen MR) is 121 cm³/mol. The van der Waals surface area contributed by atoms with Crippen molar-refractivity contribution >= 4 is 21.7 Å². The molecule has 1 atom stereocenters. The van der Waals surface area contributed by atoms with Gasteiger partial charge in [0, 0.05) is 45.7 Å². The number of piperidine rings is 1. The van der Waals surface area contributed by atoms with Crippen LogP contribution in [0, 0.1) is 5.92 Å². The second-order valence-electron chi connectivity index (χ2n) is 8.71. The SMILES string of the molecule is CCCCN(C)C(=O)C1CCN(C(=O)C(c2ccccc2)N2CCS(=O)(=O)CC2)CC1. The summed E-state index contributed by atoms with van der Waals surface area (Å²) in [6.45, 7) is 4.75. The lowest BCUT2D eigenvalue weighted by Gasteiger charge is -2.39. The first-order chi connectivity index (χ1) is 14.8. The second-order valence-corrected chi connectivity index (χ2v) is 11.0. The molecule has 2 amide bonds. The maximum atomic E-state index is 13.6. The highest BCUT2D eigenvalue weighted by molar-refractivity contribution is 7.91. The zero-order valence-corrected chi connectivity index (χ0v) is 19.5. The van der Waals surface area contributed by atoms with Crippen molar-refractivity contribution in [2.45, 2.75) is 38.6 Å². The number of sulfone groups is 1. The van der Waals surface area contributed by atoms with Crippen LogP contribution in [0.4, 0.5) is 0 Å². The van der Waals surface area contributed by atoms with E-state index in [-0.39, 0.29) is 29.2 Å². The van der Waals surface area contributed by atoms with E-state index in [9.17, 15) is 18.0 Å². The molecule has 0 N–H and O–H groups in total. The van der Waals surface area contributed by atoms with Gasteiger partial charge in [-0.15, -0.1) is 0 Å². The average Bonchev–Trinajstić information content (AvgIpc) is 2.79. The van der Waals surface area contributed by atoms with Gasteiger partial charge >= 0.3 is 0 Å². The fraction of sp³-hybridized carbons (Fsp3) is 0.652. The van der Waals surface area contributed by atoms with Crippen LogP contribution in [0.15, 0.2) is 30.3 Å². The van der Waals surface area contributed by atoms with Crippen LogP contribution < -0.4 is 0 Å². The number of likely N-dealkylation sites (tertiary alicyclic amines) is 1. The minimum absolute atomic E-state index is 0.00994. The van der Waals surface area contributed by atoms with Gasteiger partial charge in [0.05, 0.1) is 11.5 Å². The molecule has 2 aliphatic rings. The Kier molecular flexibility index (Phi) is 8.11. The van der Waals surface area contributed by atoms with E-state index in [1.807, 2.05) is 52.1 Å². The minimum Gasteiger partial charge on any atom is -0.346 e. The highest BCUT2D eigenvalue weighted by atomic mass is 32.2. The van der Waals surface area contributed by atoms with E-state index in [2.05, 4.69) is 6.92 Å². The normalized spacial score (nSPS) is 20.9. The van der Waals surface area contributed by atoms with E-state index in [0.717, 1.165) is 24.9 Å². The molecule has 2 fully saturated rings. The molecule has 0 aliphatic carbocycles. The van der Waals surface area contributed by atoms with Crippen LogP contribution >= 0.6 is 0 Å². The first-order valence-electron chi connectivity index (χ1n) is 11.4. The van der Waals surface area contributed by atoms with Crippen LogP contribution in [0.25, 0.3) is 0 Å². The van der Waals surface area contributed by atoms with Crippen LogP contribution in [0.3, 0.4) is 0 Å². The average molecular weight is 450 g/mol. The molecule has 172 valence electrons. The van der Waals surface area contributed by atoms with E-state index in [0.29, 0.717) is 39.0 Å². The van der Waals surface area contributed by atoms with Crippen molar-refractivity contribution in [1.29, 1.82) is 0 Å². The molecular weight excluding hydrogens is 414 g/mol. The van der Waals surface area contributed by atoms with Crippen LogP contribution in [0.5, 0.6) is 0 Å². The summed E-state index contributed by atoms with van der Waals surface area (Å²) in [4.78, 5) is 31.9. The second kappa shape index (κ2) is 10.6. The minimum atomic E-state index is -3.02. The van der Waals surface area contributed by atoms with Gasteiger partial charge in [-0.3, -0.25) is 14.5 Å². The van der Waals surface area contributed by atoms with Crippen LogP contribution in [-0.2, 0) is 19.4 Å². The summed E-state index contributed by atoms with van der Waals surface area (Å²) < 4.78 is 23.8. The number of carbonyl (C=O) groups is 2. The largest absolute Gasteiger partial charge is 0.346 e. The van der Waals surface area contributed by atoms with Gasteiger partial charge in [-0.2, -0.15) is 0 Å². The topological polar surface area (TPSA) is 78.0 Å². The number of benzene rings is 1. The molecule has 0 spiro atoms. The zero-order valence-electron chi connectivity index (χ0n) is 18.7. The third-order valence-electron chi connectivity index (χ3n) is 6.47. The van der Waals surface area contributed by atoms with Crippen LogP contribution in [0.1, 0.15) is 44.2 Å². The molecule has 7 nitrogen and oxygen atoms in total. The smallest absolute Gasteiger partial charge is 0.244 e. The number of carbonyl (C=O) groups excluding carboxylic acids is 2. The Morgan fingerprint density at radius 3 is 2.26 bits per heavy atom. The number of amides is 2. The monoisotopic (exact) mass is 449 g/mol. The number of hydrogen-bond acceptors (Lipinski definition) is 5. The molecule has 0 radical (unpaired) electrons. The van der Waals surface area contributed by atoms with Crippen LogP contribution in [-0.4, -0.2) is 86.2 Å². The van der Waals surface area contributed by atoms with Gasteiger partial charge in [0.2, 0.25) is 11.8 Å². The fourth-order valence-corrected chi connectivity index (χ4v) is 5.70. The van der Waals surface area contributed by atoms with Gasteiger partial charge in [-0.25, -0.2) is 8.42 Å². The van der Waals surface area contributed by atoms with E-state index < -0.39 is 15.9 Å². The molecule has 31 heavy (non-hydrogen) atoms.